The van der Waals surface area contributed by atoms with Crippen molar-refractivity contribution in [3.8, 4) is 0 Å². The van der Waals surface area contributed by atoms with Crippen LogP contribution in [-0.2, 0) is 4.79 Å². The lowest BCUT2D eigenvalue weighted by molar-refractivity contribution is -0.111. The van der Waals surface area contributed by atoms with Gasteiger partial charge in [-0.05, 0) is 12.8 Å². The van der Waals surface area contributed by atoms with E-state index in [4.69, 9.17) is 0 Å². The van der Waals surface area contributed by atoms with Crippen molar-refractivity contribution in [3.05, 3.63) is 0 Å². The third-order valence-corrected chi connectivity index (χ3v) is 3.12. The summed E-state index contributed by atoms with van der Waals surface area (Å²) in [6.45, 7) is 0. The van der Waals surface area contributed by atoms with Crippen LogP contribution >= 0.6 is 95.6 Å². The highest BCUT2D eigenvalue weighted by Crippen LogP contribution is 2.45. The van der Waals surface area contributed by atoms with Gasteiger partial charge in [0.25, 0.3) is 0 Å². The van der Waals surface area contributed by atoms with Crippen molar-refractivity contribution in [2.75, 3.05) is 0 Å². The van der Waals surface area contributed by atoms with Crippen molar-refractivity contribution >= 4 is 102 Å². The number of aldehydes is 1. The first-order chi connectivity index (χ1) is 5.64. The van der Waals surface area contributed by atoms with Gasteiger partial charge in [0.15, 0.2) is 0 Å². The Morgan fingerprint density at radius 2 is 1.23 bits per heavy atom. The summed E-state index contributed by atoms with van der Waals surface area (Å²) in [4.78, 5) is 10.7. The fourth-order valence-electron chi connectivity index (χ4n) is 0.763. The molecule has 0 aromatic heterocycles. The minimum atomic E-state index is -0.364. The molecular weight excluding hydrogens is 567 g/mol. The van der Waals surface area contributed by atoms with Crippen molar-refractivity contribution in [1.29, 1.82) is 0 Å². The minimum Gasteiger partial charge on any atom is -0.303 e. The molecule has 7 heteroatoms. The number of rotatable bonds is 3. The number of hydrogen-bond donors (Lipinski definition) is 0. The molecule has 0 radical (unpaired) electrons. The number of carbonyl (C=O) groups is 1. The van der Waals surface area contributed by atoms with Crippen molar-refractivity contribution in [3.63, 3.8) is 0 Å². The van der Waals surface area contributed by atoms with E-state index in [0.717, 1.165) is 6.29 Å². The minimum absolute atomic E-state index is 0.0590. The Balaban J connectivity index is 4.13. The molecule has 0 spiro atoms. The maximum atomic E-state index is 10.7. The second kappa shape index (κ2) is 6.33. The Morgan fingerprint density at radius 1 is 0.923 bits per heavy atom. The quantitative estimate of drug-likeness (QED) is 0.333. The van der Waals surface area contributed by atoms with Crippen LogP contribution in [0.25, 0.3) is 0 Å². The Morgan fingerprint density at radius 3 is 1.38 bits per heavy atom. The van der Waals surface area contributed by atoms with E-state index in [-0.39, 0.29) is 10.2 Å². The molecule has 0 amide bonds. The topological polar surface area (TPSA) is 17.1 Å². The highest BCUT2D eigenvalue weighted by molar-refractivity contribution is 9.39. The van der Waals surface area contributed by atoms with E-state index < -0.39 is 0 Å². The zero-order valence-corrected chi connectivity index (χ0v) is 15.8. The average molecular weight is 574 g/mol. The fourth-order valence-corrected chi connectivity index (χ4v) is 3.26. The van der Waals surface area contributed by atoms with Crippen LogP contribution in [0.15, 0.2) is 0 Å². The first-order valence-corrected chi connectivity index (χ1v) is 7.98. The van der Waals surface area contributed by atoms with Gasteiger partial charge in [-0.1, -0.05) is 95.6 Å². The molecule has 78 valence electrons. The largest absolute Gasteiger partial charge is 0.303 e. The molecule has 0 saturated heterocycles. The van der Waals surface area contributed by atoms with Crippen molar-refractivity contribution < 1.29 is 4.79 Å². The molecule has 0 atom stereocenters. The first kappa shape index (κ1) is 15.6. The second-order valence-corrected chi connectivity index (χ2v) is 17.0. The number of alkyl halides is 6. The Kier molecular flexibility index (Phi) is 7.57. The molecule has 0 aromatic rings. The zero-order valence-electron chi connectivity index (χ0n) is 6.24. The normalized spacial score (nSPS) is 13.5. The van der Waals surface area contributed by atoms with Crippen molar-refractivity contribution in [2.24, 2.45) is 5.92 Å². The van der Waals surface area contributed by atoms with E-state index in [1.807, 2.05) is 0 Å². The maximum absolute atomic E-state index is 10.7. The molecule has 1 nitrogen and oxygen atoms in total. The van der Waals surface area contributed by atoms with E-state index in [1.54, 1.807) is 0 Å². The predicted molar refractivity (Wildman–Crippen MR) is 77.8 cm³/mol. The van der Waals surface area contributed by atoms with E-state index in [2.05, 4.69) is 95.6 Å². The lowest BCUT2D eigenvalue weighted by Gasteiger charge is -2.21. The lowest BCUT2D eigenvalue weighted by Crippen LogP contribution is -2.17. The van der Waals surface area contributed by atoms with Gasteiger partial charge in [-0.3, -0.25) is 0 Å². The van der Waals surface area contributed by atoms with Gasteiger partial charge >= 0.3 is 0 Å². The average Bonchev–Trinajstić information content (AvgIpc) is 1.79. The molecule has 0 saturated carbocycles. The van der Waals surface area contributed by atoms with Crippen molar-refractivity contribution in [1.82, 2.24) is 0 Å². The summed E-state index contributed by atoms with van der Waals surface area (Å²) in [7, 11) is 0. The molecule has 0 unspecified atom stereocenters. The standard InChI is InChI=1S/C6H6Br6O/c7-5(8,9)1-4(3-13)2-6(10,11)12/h3-4H,1-2H2. The van der Waals surface area contributed by atoms with Gasteiger partial charge in [-0.2, -0.15) is 0 Å². The Hall–Kier alpha value is 2.55. The maximum Gasteiger partial charge on any atom is 0.135 e. The van der Waals surface area contributed by atoms with Gasteiger partial charge in [-0.25, -0.2) is 0 Å². The number of halogens is 6. The summed E-state index contributed by atoms with van der Waals surface area (Å²) in [6.07, 6.45) is 2.25. The van der Waals surface area contributed by atoms with Crippen molar-refractivity contribution in [2.45, 2.75) is 17.1 Å². The highest BCUT2D eigenvalue weighted by atomic mass is 80.0. The highest BCUT2D eigenvalue weighted by Gasteiger charge is 2.29. The van der Waals surface area contributed by atoms with Crippen LogP contribution in [0.1, 0.15) is 12.8 Å². The van der Waals surface area contributed by atoms with E-state index in [9.17, 15) is 4.79 Å². The Bertz CT molecular complexity index is 153. The van der Waals surface area contributed by atoms with E-state index in [0.29, 0.717) is 12.8 Å². The molecule has 0 rings (SSSR count). The summed E-state index contributed by atoms with van der Waals surface area (Å²) in [5.41, 5.74) is 0. The van der Waals surface area contributed by atoms with Crippen LogP contribution in [0, 0.1) is 5.92 Å². The smallest absolute Gasteiger partial charge is 0.135 e. The van der Waals surface area contributed by atoms with Crippen LogP contribution in [0.3, 0.4) is 0 Å². The second-order valence-electron chi connectivity index (χ2n) is 2.53. The molecule has 0 aliphatic heterocycles. The summed E-state index contributed by atoms with van der Waals surface area (Å²) >= 11 is 20.1. The molecule has 0 fully saturated rings. The van der Waals surface area contributed by atoms with Gasteiger partial charge < -0.3 is 4.79 Å². The van der Waals surface area contributed by atoms with Gasteiger partial charge in [-0.15, -0.1) is 0 Å². The van der Waals surface area contributed by atoms with Crippen LogP contribution in [0.5, 0.6) is 0 Å². The van der Waals surface area contributed by atoms with Crippen LogP contribution in [-0.4, -0.2) is 10.6 Å². The van der Waals surface area contributed by atoms with Gasteiger partial charge in [0.2, 0.25) is 0 Å². The summed E-state index contributed by atoms with van der Waals surface area (Å²) in [6, 6.07) is 0. The molecule has 0 aliphatic rings. The van der Waals surface area contributed by atoms with Crippen LogP contribution < -0.4 is 0 Å². The number of carbonyl (C=O) groups excluding carboxylic acids is 1. The van der Waals surface area contributed by atoms with Gasteiger partial charge in [0.05, 0.1) is 0 Å². The molecule has 0 heterocycles. The third kappa shape index (κ3) is 10.8. The molecule has 13 heavy (non-hydrogen) atoms. The monoisotopic (exact) mass is 568 g/mol. The first-order valence-electron chi connectivity index (χ1n) is 3.23. The number of hydrogen-bond acceptors (Lipinski definition) is 1. The predicted octanol–water partition coefficient (Wildman–Crippen LogP) is 5.26. The van der Waals surface area contributed by atoms with E-state index >= 15 is 0 Å². The molecule has 0 bridgehead atoms. The van der Waals surface area contributed by atoms with Crippen LogP contribution in [0.2, 0.25) is 0 Å². The van der Waals surface area contributed by atoms with Gasteiger partial charge in [0.1, 0.15) is 10.6 Å². The fraction of sp³-hybridized carbons (Fsp3) is 0.833. The third-order valence-electron chi connectivity index (χ3n) is 1.18. The summed E-state index contributed by atoms with van der Waals surface area (Å²) in [5, 5.41) is 0. The molecular formula is C6H6Br6O. The Labute approximate surface area is 128 Å². The lowest BCUT2D eigenvalue weighted by atomic mass is 10.1. The van der Waals surface area contributed by atoms with E-state index in [1.165, 1.54) is 0 Å². The van der Waals surface area contributed by atoms with Gasteiger partial charge in [0, 0.05) is 5.92 Å². The molecule has 0 aromatic carbocycles. The SMILES string of the molecule is O=CC(CC(Br)(Br)Br)CC(Br)(Br)Br. The summed E-state index contributed by atoms with van der Waals surface area (Å²) in [5.74, 6) is -0.0590. The summed E-state index contributed by atoms with van der Waals surface area (Å²) < 4.78 is -0.729. The van der Waals surface area contributed by atoms with Crippen LogP contribution in [0.4, 0.5) is 0 Å². The zero-order chi connectivity index (χ0) is 10.7. The molecule has 0 aliphatic carbocycles. The molecule has 0 N–H and O–H groups in total.